The summed E-state index contributed by atoms with van der Waals surface area (Å²) in [4.78, 5) is 0.364. The van der Waals surface area contributed by atoms with Crippen LogP contribution in [0.2, 0.25) is 0 Å². The van der Waals surface area contributed by atoms with Crippen molar-refractivity contribution >= 4 is 37.1 Å². The molecule has 0 radical (unpaired) electrons. The molecule has 0 saturated heterocycles. The van der Waals surface area contributed by atoms with E-state index in [0.717, 1.165) is 15.6 Å². The average Bonchev–Trinajstić information content (AvgIpc) is 2.95. The van der Waals surface area contributed by atoms with Crippen molar-refractivity contribution in [3.63, 3.8) is 0 Å². The summed E-state index contributed by atoms with van der Waals surface area (Å²) in [5.74, 6) is 0. The molecule has 0 aliphatic heterocycles. The summed E-state index contributed by atoms with van der Waals surface area (Å²) < 4.78 is 28.5. The number of fused-ring (bicyclic) bond motifs is 1. The third kappa shape index (κ3) is 2.51. The molecule has 0 fully saturated rings. The van der Waals surface area contributed by atoms with Crippen LogP contribution < -0.4 is 4.31 Å². The van der Waals surface area contributed by atoms with Crippen LogP contribution in [-0.4, -0.2) is 15.0 Å². The van der Waals surface area contributed by atoms with Gasteiger partial charge in [0.15, 0.2) is 0 Å². The summed E-state index contributed by atoms with van der Waals surface area (Å²) in [6, 6.07) is 14.9. The first-order chi connectivity index (χ1) is 10.5. The molecule has 1 heterocycles. The van der Waals surface area contributed by atoms with Crippen LogP contribution >= 0.6 is 11.3 Å². The first kappa shape index (κ1) is 15.1. The first-order valence-corrected chi connectivity index (χ1v) is 9.41. The molecular formula is C17H17NO2S2. The van der Waals surface area contributed by atoms with Gasteiger partial charge in [-0.2, -0.15) is 0 Å². The molecule has 22 heavy (non-hydrogen) atoms. The predicted octanol–water partition coefficient (Wildman–Crippen LogP) is 4.42. The van der Waals surface area contributed by atoms with Gasteiger partial charge < -0.3 is 0 Å². The van der Waals surface area contributed by atoms with Crippen LogP contribution in [0, 0.1) is 6.92 Å². The van der Waals surface area contributed by atoms with Gasteiger partial charge in [0.1, 0.15) is 0 Å². The Bertz CT molecular complexity index is 913. The molecule has 0 spiro atoms. The number of rotatable bonds is 4. The summed E-state index contributed by atoms with van der Waals surface area (Å²) in [6.45, 7) is 4.07. The first-order valence-electron chi connectivity index (χ1n) is 7.09. The highest BCUT2D eigenvalue weighted by Crippen LogP contribution is 2.30. The summed E-state index contributed by atoms with van der Waals surface area (Å²) in [7, 11) is -3.55. The zero-order valence-corrected chi connectivity index (χ0v) is 14.1. The zero-order chi connectivity index (χ0) is 15.7. The van der Waals surface area contributed by atoms with Crippen molar-refractivity contribution in [2.24, 2.45) is 0 Å². The molecule has 2 aromatic carbocycles. The quantitative estimate of drug-likeness (QED) is 0.709. The third-order valence-corrected chi connectivity index (χ3v) is 6.62. The van der Waals surface area contributed by atoms with E-state index in [4.69, 9.17) is 0 Å². The van der Waals surface area contributed by atoms with E-state index in [0.29, 0.717) is 17.1 Å². The Hall–Kier alpha value is -1.85. The Balaban J connectivity index is 2.12. The van der Waals surface area contributed by atoms with Crippen LogP contribution in [0.1, 0.15) is 12.5 Å². The molecule has 0 aliphatic carbocycles. The maximum Gasteiger partial charge on any atom is 0.264 e. The third-order valence-electron chi connectivity index (χ3n) is 3.68. The van der Waals surface area contributed by atoms with Crippen molar-refractivity contribution in [1.29, 1.82) is 0 Å². The lowest BCUT2D eigenvalue weighted by molar-refractivity contribution is 0.591. The second kappa shape index (κ2) is 5.74. The topological polar surface area (TPSA) is 37.4 Å². The van der Waals surface area contributed by atoms with Gasteiger partial charge >= 0.3 is 0 Å². The summed E-state index contributed by atoms with van der Waals surface area (Å²) in [5.41, 5.74) is 1.47. The van der Waals surface area contributed by atoms with Gasteiger partial charge in [0.05, 0.1) is 10.6 Å². The molecule has 0 bridgehead atoms. The number of sulfonamides is 1. The fourth-order valence-corrected chi connectivity index (χ4v) is 5.07. The van der Waals surface area contributed by atoms with Crippen LogP contribution in [0.5, 0.6) is 0 Å². The van der Waals surface area contributed by atoms with E-state index in [9.17, 15) is 8.42 Å². The van der Waals surface area contributed by atoms with E-state index in [2.05, 4.69) is 0 Å². The Morgan fingerprint density at radius 3 is 2.59 bits per heavy atom. The van der Waals surface area contributed by atoms with Crippen LogP contribution in [-0.2, 0) is 10.0 Å². The lowest BCUT2D eigenvalue weighted by Gasteiger charge is -2.24. The highest BCUT2D eigenvalue weighted by atomic mass is 32.2. The molecular weight excluding hydrogens is 314 g/mol. The second-order valence-corrected chi connectivity index (χ2v) is 7.86. The molecule has 3 rings (SSSR count). The van der Waals surface area contributed by atoms with Gasteiger partial charge in [-0.1, -0.05) is 24.3 Å². The van der Waals surface area contributed by atoms with Crippen LogP contribution in [0.3, 0.4) is 0 Å². The normalized spacial score (nSPS) is 11.7. The maximum absolute atomic E-state index is 13.0. The lowest BCUT2D eigenvalue weighted by atomic mass is 10.2. The minimum atomic E-state index is -3.55. The maximum atomic E-state index is 13.0. The average molecular weight is 331 g/mol. The standard InChI is InChI=1S/C17H17NO2S2/c1-3-18(15-9-8-14-10-11-21-16(14)12-15)22(19,20)17-7-5-4-6-13(17)2/h4-12H,3H2,1-2H3. The SMILES string of the molecule is CCN(c1ccc2ccsc2c1)S(=O)(=O)c1ccccc1C. The van der Waals surface area contributed by atoms with Gasteiger partial charge in [0.2, 0.25) is 0 Å². The Morgan fingerprint density at radius 1 is 1.09 bits per heavy atom. The number of hydrogen-bond donors (Lipinski definition) is 0. The molecule has 0 atom stereocenters. The van der Waals surface area contributed by atoms with Crippen molar-refractivity contribution < 1.29 is 8.42 Å². The number of anilines is 1. The van der Waals surface area contributed by atoms with Gasteiger partial charge in [-0.05, 0) is 54.4 Å². The number of hydrogen-bond acceptors (Lipinski definition) is 3. The minimum absolute atomic E-state index is 0.364. The molecule has 1 aromatic heterocycles. The molecule has 114 valence electrons. The molecule has 0 N–H and O–H groups in total. The van der Waals surface area contributed by atoms with Crippen molar-refractivity contribution in [3.8, 4) is 0 Å². The summed E-state index contributed by atoms with van der Waals surface area (Å²) in [5, 5.41) is 3.15. The highest BCUT2D eigenvalue weighted by Gasteiger charge is 2.25. The number of benzene rings is 2. The van der Waals surface area contributed by atoms with Crippen LogP contribution in [0.4, 0.5) is 5.69 Å². The van der Waals surface area contributed by atoms with E-state index in [1.54, 1.807) is 23.5 Å². The lowest BCUT2D eigenvalue weighted by Crippen LogP contribution is -2.31. The van der Waals surface area contributed by atoms with Crippen LogP contribution in [0.25, 0.3) is 10.1 Å². The Morgan fingerprint density at radius 2 is 1.86 bits per heavy atom. The van der Waals surface area contributed by atoms with Gasteiger partial charge in [0.25, 0.3) is 10.0 Å². The fraction of sp³-hybridized carbons (Fsp3) is 0.176. The summed E-state index contributed by atoms with van der Waals surface area (Å²) >= 11 is 1.62. The number of nitrogens with zero attached hydrogens (tertiary/aromatic N) is 1. The second-order valence-electron chi connectivity index (χ2n) is 5.08. The van der Waals surface area contributed by atoms with E-state index < -0.39 is 10.0 Å². The number of aryl methyl sites for hydroxylation is 1. The molecule has 3 aromatic rings. The molecule has 0 amide bonds. The van der Waals surface area contributed by atoms with Crippen molar-refractivity contribution in [2.45, 2.75) is 18.7 Å². The fourth-order valence-electron chi connectivity index (χ4n) is 2.55. The Kier molecular flexibility index (Phi) is 3.93. The minimum Gasteiger partial charge on any atom is -0.267 e. The highest BCUT2D eigenvalue weighted by molar-refractivity contribution is 7.92. The smallest absolute Gasteiger partial charge is 0.264 e. The molecule has 0 unspecified atom stereocenters. The molecule has 0 saturated carbocycles. The van der Waals surface area contributed by atoms with Crippen LogP contribution in [0.15, 0.2) is 58.8 Å². The van der Waals surface area contributed by atoms with E-state index >= 15 is 0 Å². The van der Waals surface area contributed by atoms with E-state index in [-0.39, 0.29) is 0 Å². The van der Waals surface area contributed by atoms with Gasteiger partial charge in [0, 0.05) is 11.2 Å². The zero-order valence-electron chi connectivity index (χ0n) is 12.5. The Labute approximate surface area is 134 Å². The number of thiophene rings is 1. The largest absolute Gasteiger partial charge is 0.267 e. The molecule has 5 heteroatoms. The monoisotopic (exact) mass is 331 g/mol. The van der Waals surface area contributed by atoms with E-state index in [1.807, 2.05) is 55.6 Å². The van der Waals surface area contributed by atoms with Crippen molar-refractivity contribution in [1.82, 2.24) is 0 Å². The summed E-state index contributed by atoms with van der Waals surface area (Å²) in [6.07, 6.45) is 0. The molecule has 3 nitrogen and oxygen atoms in total. The van der Waals surface area contributed by atoms with Gasteiger partial charge in [-0.3, -0.25) is 4.31 Å². The van der Waals surface area contributed by atoms with Gasteiger partial charge in [-0.25, -0.2) is 8.42 Å². The van der Waals surface area contributed by atoms with E-state index in [1.165, 1.54) is 4.31 Å². The van der Waals surface area contributed by atoms with Crippen molar-refractivity contribution in [2.75, 3.05) is 10.8 Å². The molecule has 0 aliphatic rings. The van der Waals surface area contributed by atoms with Crippen molar-refractivity contribution in [3.05, 3.63) is 59.5 Å². The van der Waals surface area contributed by atoms with Gasteiger partial charge in [-0.15, -0.1) is 11.3 Å². The predicted molar refractivity (Wildman–Crippen MR) is 93.2 cm³/mol.